The Labute approximate surface area is 96.3 Å². The van der Waals surface area contributed by atoms with Gasteiger partial charge < -0.3 is 5.32 Å². The van der Waals surface area contributed by atoms with Crippen LogP contribution in [0.5, 0.6) is 0 Å². The molecule has 1 unspecified atom stereocenters. The molecule has 0 spiro atoms. The maximum atomic E-state index is 11.8. The normalized spacial score (nSPS) is 21.3. The van der Waals surface area contributed by atoms with Crippen molar-refractivity contribution in [1.29, 1.82) is 0 Å². The van der Waals surface area contributed by atoms with Gasteiger partial charge in [-0.2, -0.15) is 0 Å². The fourth-order valence-corrected chi connectivity index (χ4v) is 2.21. The highest BCUT2D eigenvalue weighted by Crippen LogP contribution is 2.17. The number of carbonyl (C=O) groups excluding carboxylic acids is 1. The van der Waals surface area contributed by atoms with Crippen molar-refractivity contribution >= 4 is 5.91 Å². The number of rotatable bonds is 2. The average Bonchev–Trinajstić information content (AvgIpc) is 2.45. The third kappa shape index (κ3) is 2.81. The summed E-state index contributed by atoms with van der Waals surface area (Å²) in [6, 6.07) is 2.12. The van der Waals surface area contributed by atoms with E-state index >= 15 is 0 Å². The second kappa shape index (κ2) is 5.10. The molecule has 0 radical (unpaired) electrons. The average molecular weight is 218 g/mol. The summed E-state index contributed by atoms with van der Waals surface area (Å²) in [5.41, 5.74) is 2.33. The predicted molar refractivity (Wildman–Crippen MR) is 63.0 cm³/mol. The van der Waals surface area contributed by atoms with Gasteiger partial charge in [0.1, 0.15) is 0 Å². The van der Waals surface area contributed by atoms with Crippen molar-refractivity contribution in [2.24, 2.45) is 5.92 Å². The zero-order valence-corrected chi connectivity index (χ0v) is 9.70. The Bertz CT molecular complexity index is 376. The van der Waals surface area contributed by atoms with E-state index < -0.39 is 0 Å². The zero-order valence-electron chi connectivity index (χ0n) is 9.70. The van der Waals surface area contributed by atoms with E-state index in [2.05, 4.69) is 16.4 Å². The van der Waals surface area contributed by atoms with Crippen LogP contribution in [0.4, 0.5) is 0 Å². The molecule has 1 atom stereocenters. The summed E-state index contributed by atoms with van der Waals surface area (Å²) >= 11 is 0. The van der Waals surface area contributed by atoms with E-state index in [1.54, 1.807) is 0 Å². The first-order valence-corrected chi connectivity index (χ1v) is 5.94. The number of aryl methyl sites for hydroxylation is 1. The van der Waals surface area contributed by atoms with Crippen LogP contribution in [-0.4, -0.2) is 17.4 Å². The SMILES string of the molecule is Cc1cncc(CC2CCCCNC2=O)c1. The summed E-state index contributed by atoms with van der Waals surface area (Å²) in [4.78, 5) is 15.9. The first kappa shape index (κ1) is 11.1. The minimum Gasteiger partial charge on any atom is -0.356 e. The molecule has 1 aliphatic rings. The lowest BCUT2D eigenvalue weighted by Gasteiger charge is -2.12. The van der Waals surface area contributed by atoms with Gasteiger partial charge in [0, 0.05) is 24.9 Å². The van der Waals surface area contributed by atoms with Gasteiger partial charge in [0.15, 0.2) is 0 Å². The third-order valence-electron chi connectivity index (χ3n) is 3.06. The molecule has 3 nitrogen and oxygen atoms in total. The molecule has 1 aromatic rings. The first-order chi connectivity index (χ1) is 7.75. The lowest BCUT2D eigenvalue weighted by molar-refractivity contribution is -0.124. The number of hydrogen-bond acceptors (Lipinski definition) is 2. The van der Waals surface area contributed by atoms with Crippen LogP contribution < -0.4 is 5.32 Å². The van der Waals surface area contributed by atoms with Gasteiger partial charge in [-0.25, -0.2) is 0 Å². The number of hydrogen-bond donors (Lipinski definition) is 1. The third-order valence-corrected chi connectivity index (χ3v) is 3.06. The van der Waals surface area contributed by atoms with E-state index in [0.29, 0.717) is 0 Å². The molecule has 16 heavy (non-hydrogen) atoms. The van der Waals surface area contributed by atoms with Gasteiger partial charge in [-0.1, -0.05) is 12.5 Å². The minimum absolute atomic E-state index is 0.131. The number of nitrogens with one attached hydrogen (secondary N) is 1. The summed E-state index contributed by atoms with van der Waals surface area (Å²) < 4.78 is 0. The van der Waals surface area contributed by atoms with Gasteiger partial charge in [-0.15, -0.1) is 0 Å². The predicted octanol–water partition coefficient (Wildman–Crippen LogP) is 1.85. The van der Waals surface area contributed by atoms with Crippen LogP contribution in [0.1, 0.15) is 30.4 Å². The highest BCUT2D eigenvalue weighted by atomic mass is 16.1. The number of pyridine rings is 1. The molecule has 0 aliphatic carbocycles. The standard InChI is InChI=1S/C13H18N2O/c1-10-6-11(9-14-8-10)7-12-4-2-3-5-15-13(12)16/h6,8-9,12H,2-5,7H2,1H3,(H,15,16). The molecule has 0 bridgehead atoms. The van der Waals surface area contributed by atoms with Gasteiger partial charge in [0.05, 0.1) is 0 Å². The number of carbonyl (C=O) groups is 1. The summed E-state index contributed by atoms with van der Waals surface area (Å²) in [6.07, 6.45) is 7.78. The van der Waals surface area contributed by atoms with Gasteiger partial charge in [-0.05, 0) is 37.3 Å². The van der Waals surface area contributed by atoms with E-state index in [9.17, 15) is 4.79 Å². The highest BCUT2D eigenvalue weighted by molar-refractivity contribution is 5.79. The Hall–Kier alpha value is -1.38. The summed E-state index contributed by atoms with van der Waals surface area (Å²) in [6.45, 7) is 2.87. The molecular formula is C13H18N2O. The lowest BCUT2D eigenvalue weighted by atomic mass is 9.95. The van der Waals surface area contributed by atoms with Crippen LogP contribution in [0.15, 0.2) is 18.5 Å². The van der Waals surface area contributed by atoms with E-state index in [0.717, 1.165) is 37.8 Å². The van der Waals surface area contributed by atoms with Gasteiger partial charge in [0.25, 0.3) is 0 Å². The molecule has 1 aromatic heterocycles. The second-order valence-corrected chi connectivity index (χ2v) is 4.56. The van der Waals surface area contributed by atoms with Crippen LogP contribution in [-0.2, 0) is 11.2 Å². The van der Waals surface area contributed by atoms with Crippen LogP contribution in [0.25, 0.3) is 0 Å². The smallest absolute Gasteiger partial charge is 0.223 e. The Morgan fingerprint density at radius 3 is 3.12 bits per heavy atom. The van der Waals surface area contributed by atoms with Crippen LogP contribution in [0, 0.1) is 12.8 Å². The fourth-order valence-electron chi connectivity index (χ4n) is 2.21. The van der Waals surface area contributed by atoms with Crippen molar-refractivity contribution in [3.8, 4) is 0 Å². The molecule has 86 valence electrons. The fraction of sp³-hybridized carbons (Fsp3) is 0.538. The van der Waals surface area contributed by atoms with Crippen LogP contribution in [0.2, 0.25) is 0 Å². The summed E-state index contributed by atoms with van der Waals surface area (Å²) in [7, 11) is 0. The molecule has 1 saturated heterocycles. The van der Waals surface area contributed by atoms with Crippen molar-refractivity contribution in [3.05, 3.63) is 29.6 Å². The number of nitrogens with zero attached hydrogens (tertiary/aromatic N) is 1. The Balaban J connectivity index is 2.05. The maximum Gasteiger partial charge on any atom is 0.223 e. The first-order valence-electron chi connectivity index (χ1n) is 5.94. The summed E-state index contributed by atoms with van der Waals surface area (Å²) in [5.74, 6) is 0.338. The molecule has 2 heterocycles. The second-order valence-electron chi connectivity index (χ2n) is 4.56. The minimum atomic E-state index is 0.131. The van der Waals surface area contributed by atoms with E-state index in [1.807, 2.05) is 19.3 Å². The molecule has 3 heteroatoms. The molecule has 1 fully saturated rings. The Kier molecular flexibility index (Phi) is 3.54. The molecule has 1 amide bonds. The molecule has 1 N–H and O–H groups in total. The number of amides is 1. The molecule has 1 aliphatic heterocycles. The quantitative estimate of drug-likeness (QED) is 0.823. The van der Waals surface area contributed by atoms with Crippen LogP contribution >= 0.6 is 0 Å². The molecule has 2 rings (SSSR count). The van der Waals surface area contributed by atoms with E-state index in [-0.39, 0.29) is 11.8 Å². The Morgan fingerprint density at radius 2 is 2.31 bits per heavy atom. The monoisotopic (exact) mass is 218 g/mol. The Morgan fingerprint density at radius 1 is 1.44 bits per heavy atom. The van der Waals surface area contributed by atoms with Gasteiger partial charge in [0.2, 0.25) is 5.91 Å². The largest absolute Gasteiger partial charge is 0.356 e. The van der Waals surface area contributed by atoms with E-state index in [1.165, 1.54) is 5.56 Å². The zero-order chi connectivity index (χ0) is 11.4. The molecule has 0 aromatic carbocycles. The van der Waals surface area contributed by atoms with Gasteiger partial charge in [-0.3, -0.25) is 9.78 Å². The van der Waals surface area contributed by atoms with Crippen molar-refractivity contribution in [2.45, 2.75) is 32.6 Å². The van der Waals surface area contributed by atoms with Gasteiger partial charge >= 0.3 is 0 Å². The number of aromatic nitrogens is 1. The van der Waals surface area contributed by atoms with Crippen molar-refractivity contribution in [1.82, 2.24) is 10.3 Å². The maximum absolute atomic E-state index is 11.8. The van der Waals surface area contributed by atoms with Crippen molar-refractivity contribution in [2.75, 3.05) is 6.54 Å². The van der Waals surface area contributed by atoms with E-state index in [4.69, 9.17) is 0 Å². The summed E-state index contributed by atoms with van der Waals surface area (Å²) in [5, 5.41) is 2.97. The highest BCUT2D eigenvalue weighted by Gasteiger charge is 2.20. The molecule has 0 saturated carbocycles. The molecular weight excluding hydrogens is 200 g/mol. The lowest BCUT2D eigenvalue weighted by Crippen LogP contribution is -2.30. The topological polar surface area (TPSA) is 42.0 Å². The van der Waals surface area contributed by atoms with Crippen molar-refractivity contribution < 1.29 is 4.79 Å². The van der Waals surface area contributed by atoms with Crippen molar-refractivity contribution in [3.63, 3.8) is 0 Å². The van der Waals surface area contributed by atoms with Crippen LogP contribution in [0.3, 0.4) is 0 Å².